The number of nitrogens with two attached hydrogens (primary N) is 1. The van der Waals surface area contributed by atoms with Gasteiger partial charge in [0.1, 0.15) is 0 Å². The molecule has 0 bridgehead atoms. The molecule has 1 heteroatoms. The summed E-state index contributed by atoms with van der Waals surface area (Å²) in [6.07, 6.45) is 9.78. The van der Waals surface area contributed by atoms with Crippen LogP contribution in [0.3, 0.4) is 0 Å². The van der Waals surface area contributed by atoms with E-state index in [2.05, 4.69) is 13.5 Å². The molecule has 0 aromatic rings. The van der Waals surface area contributed by atoms with E-state index in [9.17, 15) is 0 Å². The zero-order valence-corrected chi connectivity index (χ0v) is 8.84. The Balaban J connectivity index is 2.47. The summed E-state index contributed by atoms with van der Waals surface area (Å²) in [6.45, 7) is 6.06. The summed E-state index contributed by atoms with van der Waals surface area (Å²) in [7, 11) is 0. The number of rotatable bonds is 4. The molecule has 0 aliphatic heterocycles. The molecule has 76 valence electrons. The molecule has 1 nitrogen and oxygen atoms in total. The van der Waals surface area contributed by atoms with Crippen LogP contribution in [0.5, 0.6) is 0 Å². The standard InChI is InChI=1S/C12H23N/c1-3-7-12(13)11-9-6-5-8-10(11)4-2/h3,10-12H,1,4-9,13H2,2H3. The maximum atomic E-state index is 6.15. The summed E-state index contributed by atoms with van der Waals surface area (Å²) in [5.74, 6) is 1.64. The molecule has 1 rings (SSSR count). The Labute approximate surface area is 82.4 Å². The molecule has 0 aromatic carbocycles. The monoisotopic (exact) mass is 181 g/mol. The van der Waals surface area contributed by atoms with Crippen LogP contribution in [-0.4, -0.2) is 6.04 Å². The quantitative estimate of drug-likeness (QED) is 0.663. The van der Waals surface area contributed by atoms with Crippen LogP contribution < -0.4 is 5.73 Å². The Bertz CT molecular complexity index is 153. The Morgan fingerprint density at radius 1 is 1.46 bits per heavy atom. The van der Waals surface area contributed by atoms with Crippen molar-refractivity contribution >= 4 is 0 Å². The van der Waals surface area contributed by atoms with Gasteiger partial charge in [-0.25, -0.2) is 0 Å². The van der Waals surface area contributed by atoms with Gasteiger partial charge in [0.15, 0.2) is 0 Å². The summed E-state index contributed by atoms with van der Waals surface area (Å²) in [4.78, 5) is 0. The first kappa shape index (κ1) is 10.8. The lowest BCUT2D eigenvalue weighted by Gasteiger charge is -2.34. The molecule has 3 atom stereocenters. The first-order chi connectivity index (χ1) is 6.29. The lowest BCUT2D eigenvalue weighted by atomic mass is 9.73. The number of hydrogen-bond acceptors (Lipinski definition) is 1. The minimum absolute atomic E-state index is 0.364. The lowest BCUT2D eigenvalue weighted by molar-refractivity contribution is 0.196. The molecule has 0 saturated heterocycles. The van der Waals surface area contributed by atoms with Crippen LogP contribution in [0.4, 0.5) is 0 Å². The molecule has 1 aliphatic carbocycles. The molecule has 1 fully saturated rings. The van der Waals surface area contributed by atoms with Gasteiger partial charge in [0.05, 0.1) is 0 Å². The predicted octanol–water partition coefficient (Wildman–Crippen LogP) is 3.11. The molecule has 0 aromatic heterocycles. The van der Waals surface area contributed by atoms with Crippen molar-refractivity contribution in [3.63, 3.8) is 0 Å². The van der Waals surface area contributed by atoms with E-state index in [1.165, 1.54) is 32.1 Å². The Morgan fingerprint density at radius 2 is 2.15 bits per heavy atom. The van der Waals surface area contributed by atoms with Crippen LogP contribution in [0.1, 0.15) is 45.4 Å². The molecule has 0 radical (unpaired) electrons. The first-order valence-electron chi connectivity index (χ1n) is 5.66. The molecule has 1 aliphatic rings. The third-order valence-corrected chi connectivity index (χ3v) is 3.48. The molecule has 0 heterocycles. The van der Waals surface area contributed by atoms with Crippen molar-refractivity contribution in [1.82, 2.24) is 0 Å². The second-order valence-electron chi connectivity index (χ2n) is 4.30. The van der Waals surface area contributed by atoms with Gasteiger partial charge >= 0.3 is 0 Å². The molecular weight excluding hydrogens is 158 g/mol. The van der Waals surface area contributed by atoms with E-state index < -0.39 is 0 Å². The minimum Gasteiger partial charge on any atom is -0.327 e. The van der Waals surface area contributed by atoms with Crippen molar-refractivity contribution in [2.45, 2.75) is 51.5 Å². The van der Waals surface area contributed by atoms with Crippen LogP contribution in [-0.2, 0) is 0 Å². The second kappa shape index (κ2) is 5.43. The van der Waals surface area contributed by atoms with Crippen molar-refractivity contribution in [3.05, 3.63) is 12.7 Å². The molecule has 0 amide bonds. The zero-order chi connectivity index (χ0) is 9.68. The Morgan fingerprint density at radius 3 is 2.77 bits per heavy atom. The highest BCUT2D eigenvalue weighted by molar-refractivity contribution is 4.86. The van der Waals surface area contributed by atoms with E-state index >= 15 is 0 Å². The van der Waals surface area contributed by atoms with Gasteiger partial charge in [-0.1, -0.05) is 38.7 Å². The van der Waals surface area contributed by atoms with Crippen LogP contribution in [0.15, 0.2) is 12.7 Å². The van der Waals surface area contributed by atoms with Gasteiger partial charge in [-0.2, -0.15) is 0 Å². The van der Waals surface area contributed by atoms with Crippen LogP contribution >= 0.6 is 0 Å². The molecule has 13 heavy (non-hydrogen) atoms. The predicted molar refractivity (Wildman–Crippen MR) is 58.5 cm³/mol. The van der Waals surface area contributed by atoms with Crippen LogP contribution in [0.2, 0.25) is 0 Å². The second-order valence-corrected chi connectivity index (χ2v) is 4.30. The Hall–Kier alpha value is -0.300. The third kappa shape index (κ3) is 2.84. The fourth-order valence-corrected chi connectivity index (χ4v) is 2.67. The van der Waals surface area contributed by atoms with Crippen molar-refractivity contribution in [1.29, 1.82) is 0 Å². The smallest absolute Gasteiger partial charge is 0.0104 e. The SMILES string of the molecule is C=CCC(N)C1CCCCC1CC. The first-order valence-corrected chi connectivity index (χ1v) is 5.66. The van der Waals surface area contributed by atoms with Crippen molar-refractivity contribution in [2.75, 3.05) is 0 Å². The van der Waals surface area contributed by atoms with Gasteiger partial charge in [0.25, 0.3) is 0 Å². The average Bonchev–Trinajstić information content (AvgIpc) is 2.18. The van der Waals surface area contributed by atoms with Gasteiger partial charge in [-0.15, -0.1) is 6.58 Å². The molecule has 0 spiro atoms. The lowest BCUT2D eigenvalue weighted by Crippen LogP contribution is -2.36. The topological polar surface area (TPSA) is 26.0 Å². The summed E-state index contributed by atoms with van der Waals surface area (Å²) in [5.41, 5.74) is 6.15. The molecule has 2 N–H and O–H groups in total. The highest BCUT2D eigenvalue weighted by atomic mass is 14.7. The van der Waals surface area contributed by atoms with Crippen molar-refractivity contribution in [2.24, 2.45) is 17.6 Å². The van der Waals surface area contributed by atoms with Crippen molar-refractivity contribution < 1.29 is 0 Å². The number of hydrogen-bond donors (Lipinski definition) is 1. The summed E-state index contributed by atoms with van der Waals surface area (Å²) < 4.78 is 0. The highest BCUT2D eigenvalue weighted by Crippen LogP contribution is 2.34. The molecular formula is C12H23N. The van der Waals surface area contributed by atoms with Crippen LogP contribution in [0, 0.1) is 11.8 Å². The summed E-state index contributed by atoms with van der Waals surface area (Å²) >= 11 is 0. The van der Waals surface area contributed by atoms with Crippen molar-refractivity contribution in [3.8, 4) is 0 Å². The molecule has 1 saturated carbocycles. The zero-order valence-electron chi connectivity index (χ0n) is 8.84. The Kier molecular flexibility index (Phi) is 4.51. The van der Waals surface area contributed by atoms with Gasteiger partial charge < -0.3 is 5.73 Å². The minimum atomic E-state index is 0.364. The maximum Gasteiger partial charge on any atom is 0.0104 e. The van der Waals surface area contributed by atoms with E-state index in [0.29, 0.717) is 6.04 Å². The van der Waals surface area contributed by atoms with E-state index in [-0.39, 0.29) is 0 Å². The van der Waals surface area contributed by atoms with Gasteiger partial charge in [-0.3, -0.25) is 0 Å². The van der Waals surface area contributed by atoms with Gasteiger partial charge in [0, 0.05) is 6.04 Å². The fourth-order valence-electron chi connectivity index (χ4n) is 2.67. The van der Waals surface area contributed by atoms with E-state index in [0.717, 1.165) is 18.3 Å². The van der Waals surface area contributed by atoms with E-state index in [1.54, 1.807) is 0 Å². The largest absolute Gasteiger partial charge is 0.327 e. The van der Waals surface area contributed by atoms with E-state index in [4.69, 9.17) is 5.73 Å². The summed E-state index contributed by atoms with van der Waals surface area (Å²) in [5, 5.41) is 0. The highest BCUT2D eigenvalue weighted by Gasteiger charge is 2.27. The normalized spacial score (nSPS) is 31.2. The van der Waals surface area contributed by atoms with Gasteiger partial charge in [-0.05, 0) is 24.7 Å². The summed E-state index contributed by atoms with van der Waals surface area (Å²) in [6, 6.07) is 0.364. The fraction of sp³-hybridized carbons (Fsp3) is 0.833. The molecule has 3 unspecified atom stereocenters. The third-order valence-electron chi connectivity index (χ3n) is 3.48. The van der Waals surface area contributed by atoms with Crippen LogP contribution in [0.25, 0.3) is 0 Å². The van der Waals surface area contributed by atoms with Gasteiger partial charge in [0.2, 0.25) is 0 Å². The average molecular weight is 181 g/mol. The van der Waals surface area contributed by atoms with E-state index in [1.807, 2.05) is 6.08 Å². The maximum absolute atomic E-state index is 6.15.